The predicted molar refractivity (Wildman–Crippen MR) is 170 cm³/mol. The summed E-state index contributed by atoms with van der Waals surface area (Å²) in [6, 6.07) is 0. The van der Waals surface area contributed by atoms with E-state index in [0.29, 0.717) is 0 Å². The van der Waals surface area contributed by atoms with E-state index in [1.807, 2.05) is 0 Å². The van der Waals surface area contributed by atoms with Crippen LogP contribution in [-0.2, 0) is 70.0 Å². The molecule has 3 aliphatic heterocycles. The molecular weight excluding hydrogens is 759 g/mol. The minimum atomic E-state index is -5.74. The first-order valence-electron chi connectivity index (χ1n) is 16.0. The number of ether oxygens (including phenoxy) is 7. The number of hydrogen-bond acceptors (Lipinski definition) is 19. The Hall–Kier alpha value is -3.21. The molecule has 0 aromatic carbocycles. The lowest BCUT2D eigenvalue weighted by atomic mass is 9.81. The summed E-state index contributed by atoms with van der Waals surface area (Å²) in [6.45, 7) is 7.48. The van der Waals surface area contributed by atoms with Crippen LogP contribution in [0.15, 0.2) is 12.7 Å². The van der Waals surface area contributed by atoms with Crippen LogP contribution in [0.5, 0.6) is 0 Å². The topological polar surface area (TPSA) is 288 Å². The molecule has 0 bridgehead atoms. The molecule has 296 valence electrons. The number of imidazole rings is 1. The van der Waals surface area contributed by atoms with E-state index < -0.39 is 113 Å². The average Bonchev–Trinajstić information content (AvgIpc) is 3.68. The third kappa shape index (κ3) is 9.19. The van der Waals surface area contributed by atoms with E-state index in [9.17, 15) is 33.3 Å². The van der Waals surface area contributed by atoms with Gasteiger partial charge in [0, 0.05) is 26.7 Å². The quantitative estimate of drug-likeness (QED) is 0.148. The van der Waals surface area contributed by atoms with Gasteiger partial charge in [0.05, 0.1) is 6.33 Å². The zero-order chi connectivity index (χ0) is 39.3. The summed E-state index contributed by atoms with van der Waals surface area (Å²) in [5.74, 6) is -8.13. The second-order valence-electron chi connectivity index (χ2n) is 13.0. The van der Waals surface area contributed by atoms with E-state index in [-0.39, 0.29) is 17.0 Å². The summed E-state index contributed by atoms with van der Waals surface area (Å²) >= 11 is 0. The largest absolute Gasteiger partial charge is 0.483 e. The third-order valence-electron chi connectivity index (χ3n) is 8.54. The number of rotatable bonds is 13. The number of carbonyl (C=O) groups is 3. The lowest BCUT2D eigenvalue weighted by Gasteiger charge is -2.45. The molecule has 0 saturated carbocycles. The molecule has 2 aromatic heterocycles. The second-order valence-corrected chi connectivity index (χ2v) is 16.0. The number of alkyl halides is 1. The van der Waals surface area contributed by atoms with Crippen molar-refractivity contribution in [3.8, 4) is 0 Å². The first-order valence-corrected chi connectivity index (χ1v) is 19.0. The maximum absolute atomic E-state index is 16.6. The Morgan fingerprint density at radius 3 is 2.36 bits per heavy atom. The van der Waals surface area contributed by atoms with Crippen molar-refractivity contribution in [3.63, 3.8) is 0 Å². The van der Waals surface area contributed by atoms with Gasteiger partial charge >= 0.3 is 33.6 Å². The van der Waals surface area contributed by atoms with Crippen LogP contribution in [0, 0.1) is 11.8 Å². The SMILES string of the molecule is CC(=O)OC[C@@H](OC(C)=O)C1O[C@@H](OP(=O)(O)OP(=O)(O)OC[C@@]2(F)O[C@@H](n3cnc4c(N)ncnc43)C3OC(C)(C)O[C@H]32)C(OC(C)=O)[C@@H](C)[C@@H]1C. The fourth-order valence-electron chi connectivity index (χ4n) is 6.20. The third-order valence-corrected chi connectivity index (χ3v) is 11.1. The van der Waals surface area contributed by atoms with Crippen LogP contribution in [0.25, 0.3) is 11.2 Å². The van der Waals surface area contributed by atoms with Crippen LogP contribution >= 0.6 is 15.6 Å². The number of fused-ring (bicyclic) bond motifs is 2. The smallest absolute Gasteiger partial charge is 0.462 e. The summed E-state index contributed by atoms with van der Waals surface area (Å²) in [4.78, 5) is 68.6. The number of nitrogens with zero attached hydrogens (tertiary/aromatic N) is 4. The molecule has 5 unspecified atom stereocenters. The number of esters is 3. The molecule has 0 spiro atoms. The van der Waals surface area contributed by atoms with Gasteiger partial charge in [-0.2, -0.15) is 4.31 Å². The number of aromatic nitrogens is 4. The normalized spacial score (nSPS) is 33.7. The Morgan fingerprint density at radius 1 is 1.02 bits per heavy atom. The summed E-state index contributed by atoms with van der Waals surface area (Å²) < 4.78 is 97.1. The molecule has 2 aromatic rings. The molecule has 5 rings (SSSR count). The number of nitrogens with two attached hydrogens (primary N) is 1. The van der Waals surface area contributed by atoms with Crippen molar-refractivity contribution < 1.29 is 84.2 Å². The van der Waals surface area contributed by atoms with Crippen LogP contribution in [0.3, 0.4) is 0 Å². The van der Waals surface area contributed by atoms with Gasteiger partial charge in [0.15, 0.2) is 41.8 Å². The van der Waals surface area contributed by atoms with Crippen molar-refractivity contribution >= 4 is 50.5 Å². The Labute approximate surface area is 300 Å². The van der Waals surface area contributed by atoms with E-state index in [0.717, 1.165) is 27.1 Å². The number of phosphoric ester groups is 2. The summed E-state index contributed by atoms with van der Waals surface area (Å²) in [6.07, 6.45) is -7.64. The molecule has 3 fully saturated rings. The van der Waals surface area contributed by atoms with Gasteiger partial charge in [0.2, 0.25) is 6.29 Å². The standard InChI is InChI=1S/C28H40FN5O17P2/c1-12-13(2)20(45-16(5)37)26(46-19(12)17(44-15(4)36)8-42-14(3)35)50-53(40,41)51-52(38,39)43-9-28(29)22-21(47-27(6,7)48-22)25(49-28)34-11-33-18-23(30)31-10-32-24(18)34/h10-13,17,19-22,25-26H,8-9H2,1-7H3,(H,38,39)(H,40,41)(H2,30,31,32)/t12-,13-,17+,19?,20?,21?,22+,25+,26-,28+/m0/s1. The molecule has 3 aliphatic rings. The van der Waals surface area contributed by atoms with Crippen molar-refractivity contribution in [2.24, 2.45) is 11.8 Å². The predicted octanol–water partition coefficient (Wildman–Crippen LogP) is 1.80. The molecule has 12 atom stereocenters. The van der Waals surface area contributed by atoms with E-state index in [4.69, 9.17) is 47.9 Å². The lowest BCUT2D eigenvalue weighted by Crippen LogP contribution is -2.56. The summed E-state index contributed by atoms with van der Waals surface area (Å²) in [5, 5.41) is 0. The highest BCUT2D eigenvalue weighted by atomic mass is 31.3. The molecular formula is C28H40FN5O17P2. The maximum atomic E-state index is 16.6. The lowest BCUT2D eigenvalue weighted by molar-refractivity contribution is -0.271. The second kappa shape index (κ2) is 15.1. The van der Waals surface area contributed by atoms with Crippen LogP contribution in [0.2, 0.25) is 0 Å². The molecule has 0 radical (unpaired) electrons. The highest BCUT2D eigenvalue weighted by molar-refractivity contribution is 7.61. The molecule has 53 heavy (non-hydrogen) atoms. The molecule has 22 nitrogen and oxygen atoms in total. The minimum absolute atomic E-state index is 0.0274. The molecule has 5 heterocycles. The Morgan fingerprint density at radius 2 is 1.72 bits per heavy atom. The zero-order valence-electron chi connectivity index (χ0n) is 29.4. The number of nitrogen functional groups attached to an aromatic ring is 1. The first kappa shape index (κ1) is 41.0. The average molecular weight is 800 g/mol. The number of phosphoric acid groups is 2. The van der Waals surface area contributed by atoms with Gasteiger partial charge in [-0.25, -0.2) is 28.5 Å². The fourth-order valence-corrected chi connectivity index (χ4v) is 8.36. The van der Waals surface area contributed by atoms with E-state index in [1.54, 1.807) is 13.8 Å². The van der Waals surface area contributed by atoms with Crippen molar-refractivity contribution in [2.75, 3.05) is 18.9 Å². The van der Waals surface area contributed by atoms with Gasteiger partial charge in [0.25, 0.3) is 5.85 Å². The molecule has 4 N–H and O–H groups in total. The number of halogens is 1. The Kier molecular flexibility index (Phi) is 11.7. The van der Waals surface area contributed by atoms with Crippen molar-refractivity contribution in [1.82, 2.24) is 19.5 Å². The number of carbonyl (C=O) groups excluding carboxylic acids is 3. The fraction of sp³-hybridized carbons (Fsp3) is 0.714. The van der Waals surface area contributed by atoms with Gasteiger partial charge in [-0.1, -0.05) is 13.8 Å². The van der Waals surface area contributed by atoms with Crippen molar-refractivity contribution in [2.45, 2.75) is 103 Å². The van der Waals surface area contributed by atoms with Gasteiger partial charge in [-0.15, -0.1) is 0 Å². The van der Waals surface area contributed by atoms with E-state index in [2.05, 4.69) is 19.3 Å². The molecule has 3 saturated heterocycles. The van der Waals surface area contributed by atoms with Gasteiger partial charge in [0.1, 0.15) is 37.3 Å². The van der Waals surface area contributed by atoms with Crippen LogP contribution < -0.4 is 5.73 Å². The van der Waals surface area contributed by atoms with Gasteiger partial charge in [-0.3, -0.25) is 28.0 Å². The van der Waals surface area contributed by atoms with E-state index in [1.165, 1.54) is 24.7 Å². The Bertz CT molecular complexity index is 1820. The Balaban J connectivity index is 1.33. The van der Waals surface area contributed by atoms with Crippen molar-refractivity contribution in [1.29, 1.82) is 0 Å². The van der Waals surface area contributed by atoms with Crippen LogP contribution in [0.1, 0.15) is 54.7 Å². The number of anilines is 1. The summed E-state index contributed by atoms with van der Waals surface area (Å²) in [7, 11) is -11.5. The number of hydrogen-bond donors (Lipinski definition) is 3. The van der Waals surface area contributed by atoms with Crippen LogP contribution in [0.4, 0.5) is 10.2 Å². The minimum Gasteiger partial charge on any atom is -0.462 e. The monoisotopic (exact) mass is 799 g/mol. The van der Waals surface area contributed by atoms with Crippen molar-refractivity contribution in [3.05, 3.63) is 12.7 Å². The molecule has 0 amide bonds. The first-order chi connectivity index (χ1) is 24.5. The highest BCUT2D eigenvalue weighted by Crippen LogP contribution is 2.62. The van der Waals surface area contributed by atoms with Crippen LogP contribution in [-0.4, -0.2) is 109 Å². The van der Waals surface area contributed by atoms with Gasteiger partial charge < -0.3 is 48.7 Å². The van der Waals surface area contributed by atoms with E-state index >= 15 is 4.39 Å². The molecule has 25 heteroatoms. The highest BCUT2D eigenvalue weighted by Gasteiger charge is 2.65. The molecule has 0 aliphatic carbocycles. The zero-order valence-corrected chi connectivity index (χ0v) is 31.2. The summed E-state index contributed by atoms with van der Waals surface area (Å²) in [5.41, 5.74) is 6.18. The van der Waals surface area contributed by atoms with Gasteiger partial charge in [-0.05, 0) is 19.8 Å². The maximum Gasteiger partial charge on any atom is 0.483 e.